The molecule has 0 fully saturated rings. The number of rotatable bonds is 5. The Labute approximate surface area is 103 Å². The minimum absolute atomic E-state index is 0.223. The van der Waals surface area contributed by atoms with Crippen molar-refractivity contribution in [2.45, 2.75) is 25.7 Å². The summed E-state index contributed by atoms with van der Waals surface area (Å²) in [4.78, 5) is 0. The Morgan fingerprint density at radius 3 is 2.65 bits per heavy atom. The molecule has 0 amide bonds. The van der Waals surface area contributed by atoms with Gasteiger partial charge in [0.15, 0.2) is 0 Å². The Bertz CT molecular complexity index is 356. The largest absolute Gasteiger partial charge is 0.396 e. The maximum atomic E-state index is 8.84. The van der Waals surface area contributed by atoms with E-state index in [1.807, 2.05) is 0 Å². The molecule has 1 aliphatic carbocycles. The van der Waals surface area contributed by atoms with Gasteiger partial charge >= 0.3 is 0 Å². The van der Waals surface area contributed by atoms with Crippen LogP contribution in [0.2, 0.25) is 0 Å². The molecule has 1 unspecified atom stereocenters. The maximum Gasteiger partial charge on any atom is 0.0471 e. The average molecular weight is 231 g/mol. The molecule has 1 aromatic carbocycles. The van der Waals surface area contributed by atoms with E-state index in [1.165, 1.54) is 30.5 Å². The van der Waals surface area contributed by atoms with Crippen LogP contribution in [0.5, 0.6) is 0 Å². The van der Waals surface area contributed by atoms with Crippen LogP contribution in [-0.2, 0) is 6.42 Å². The molecular weight excluding hydrogens is 210 g/mol. The van der Waals surface area contributed by atoms with Gasteiger partial charge in [-0.15, -0.1) is 0 Å². The first-order chi connectivity index (χ1) is 8.38. The summed E-state index contributed by atoms with van der Waals surface area (Å²) in [7, 11) is 0. The number of aliphatic hydroxyl groups is 1. The zero-order valence-electron chi connectivity index (χ0n) is 10.2. The van der Waals surface area contributed by atoms with Crippen molar-refractivity contribution in [2.24, 2.45) is 5.92 Å². The molecule has 2 N–H and O–H groups in total. The topological polar surface area (TPSA) is 32.3 Å². The van der Waals surface area contributed by atoms with E-state index in [0.717, 1.165) is 18.9 Å². The van der Waals surface area contributed by atoms with Gasteiger partial charge in [0.1, 0.15) is 0 Å². The molecule has 92 valence electrons. The molecule has 2 nitrogen and oxygen atoms in total. The smallest absolute Gasteiger partial charge is 0.0471 e. The second-order valence-electron chi connectivity index (χ2n) is 4.70. The van der Waals surface area contributed by atoms with Crippen molar-refractivity contribution in [3.05, 3.63) is 42.0 Å². The summed E-state index contributed by atoms with van der Waals surface area (Å²) >= 11 is 0. The number of benzene rings is 1. The van der Waals surface area contributed by atoms with E-state index in [2.05, 4.69) is 41.7 Å². The third-order valence-electron chi connectivity index (χ3n) is 3.33. The monoisotopic (exact) mass is 231 g/mol. The molecule has 0 saturated heterocycles. The molecule has 17 heavy (non-hydrogen) atoms. The molecule has 1 atom stereocenters. The highest BCUT2D eigenvalue weighted by atomic mass is 16.2. The minimum Gasteiger partial charge on any atom is -0.396 e. The summed E-state index contributed by atoms with van der Waals surface area (Å²) < 4.78 is 0. The molecular formula is C15H21NO. The summed E-state index contributed by atoms with van der Waals surface area (Å²) in [5.74, 6) is 0.775. The normalized spacial score (nSPS) is 19.2. The van der Waals surface area contributed by atoms with Crippen LogP contribution in [0.25, 0.3) is 0 Å². The van der Waals surface area contributed by atoms with Gasteiger partial charge < -0.3 is 10.4 Å². The molecule has 2 rings (SSSR count). The molecule has 0 radical (unpaired) electrons. The number of hydrogen-bond acceptors (Lipinski definition) is 2. The first kappa shape index (κ1) is 12.2. The van der Waals surface area contributed by atoms with Crippen LogP contribution in [0, 0.1) is 5.92 Å². The summed E-state index contributed by atoms with van der Waals surface area (Å²) in [6, 6.07) is 8.37. The van der Waals surface area contributed by atoms with Gasteiger partial charge in [0.05, 0.1) is 0 Å². The SMILES string of the molecule is OCCc1ccc(NCC2CC=CCC2)cc1. The lowest BCUT2D eigenvalue weighted by Gasteiger charge is -2.18. The molecule has 0 heterocycles. The van der Waals surface area contributed by atoms with Crippen LogP contribution in [-0.4, -0.2) is 18.3 Å². The van der Waals surface area contributed by atoms with E-state index in [-0.39, 0.29) is 6.61 Å². The summed E-state index contributed by atoms with van der Waals surface area (Å²) in [5.41, 5.74) is 2.37. The van der Waals surface area contributed by atoms with Crippen molar-refractivity contribution < 1.29 is 5.11 Å². The lowest BCUT2D eigenvalue weighted by molar-refractivity contribution is 0.299. The minimum atomic E-state index is 0.223. The van der Waals surface area contributed by atoms with E-state index < -0.39 is 0 Å². The standard InChI is InChI=1S/C15H21NO/c17-11-10-13-6-8-15(9-7-13)16-12-14-4-2-1-3-5-14/h1-2,6-9,14,16-17H,3-5,10-12H2. The quantitative estimate of drug-likeness (QED) is 0.764. The fourth-order valence-electron chi connectivity index (χ4n) is 2.22. The number of aliphatic hydroxyl groups excluding tert-OH is 1. The average Bonchev–Trinajstić information content (AvgIpc) is 2.40. The first-order valence-corrected chi connectivity index (χ1v) is 6.47. The molecule has 0 aliphatic heterocycles. The number of anilines is 1. The summed E-state index contributed by atoms with van der Waals surface area (Å²) in [5, 5.41) is 12.3. The lowest BCUT2D eigenvalue weighted by atomic mass is 9.94. The fraction of sp³-hybridized carbons (Fsp3) is 0.467. The molecule has 2 heteroatoms. The maximum absolute atomic E-state index is 8.84. The van der Waals surface area contributed by atoms with Gasteiger partial charge in [-0.25, -0.2) is 0 Å². The van der Waals surface area contributed by atoms with Gasteiger partial charge in [0.2, 0.25) is 0 Å². The van der Waals surface area contributed by atoms with Crippen LogP contribution in [0.15, 0.2) is 36.4 Å². The zero-order valence-corrected chi connectivity index (χ0v) is 10.2. The Morgan fingerprint density at radius 2 is 2.00 bits per heavy atom. The summed E-state index contributed by atoms with van der Waals surface area (Å²) in [6.07, 6.45) is 9.04. The third-order valence-corrected chi connectivity index (χ3v) is 3.33. The second kappa shape index (κ2) is 6.45. The molecule has 0 spiro atoms. The van der Waals surface area contributed by atoms with E-state index in [0.29, 0.717) is 0 Å². The number of nitrogens with one attached hydrogen (secondary N) is 1. The van der Waals surface area contributed by atoms with Crippen molar-refractivity contribution >= 4 is 5.69 Å². The van der Waals surface area contributed by atoms with Crippen LogP contribution in [0.1, 0.15) is 24.8 Å². The van der Waals surface area contributed by atoms with Crippen LogP contribution < -0.4 is 5.32 Å². The Balaban J connectivity index is 1.80. The van der Waals surface area contributed by atoms with Crippen LogP contribution in [0.3, 0.4) is 0 Å². The van der Waals surface area contributed by atoms with E-state index in [1.54, 1.807) is 0 Å². The van der Waals surface area contributed by atoms with Crippen molar-refractivity contribution in [2.75, 3.05) is 18.5 Å². The highest BCUT2D eigenvalue weighted by Gasteiger charge is 2.08. The molecule has 1 aliphatic rings. The Morgan fingerprint density at radius 1 is 1.18 bits per heavy atom. The van der Waals surface area contributed by atoms with Gasteiger partial charge in [-0.2, -0.15) is 0 Å². The van der Waals surface area contributed by atoms with Gasteiger partial charge in [-0.1, -0.05) is 24.3 Å². The van der Waals surface area contributed by atoms with Crippen molar-refractivity contribution in [3.8, 4) is 0 Å². The highest BCUT2D eigenvalue weighted by Crippen LogP contribution is 2.19. The van der Waals surface area contributed by atoms with Gasteiger partial charge in [-0.05, 0) is 49.3 Å². The number of allylic oxidation sites excluding steroid dienone is 2. The van der Waals surface area contributed by atoms with Crippen molar-refractivity contribution in [3.63, 3.8) is 0 Å². The van der Waals surface area contributed by atoms with Crippen molar-refractivity contribution in [1.29, 1.82) is 0 Å². The zero-order chi connectivity index (χ0) is 11.9. The van der Waals surface area contributed by atoms with E-state index in [4.69, 9.17) is 5.11 Å². The molecule has 0 saturated carbocycles. The molecule has 0 aromatic heterocycles. The second-order valence-corrected chi connectivity index (χ2v) is 4.70. The van der Waals surface area contributed by atoms with E-state index >= 15 is 0 Å². The summed E-state index contributed by atoms with van der Waals surface area (Å²) in [6.45, 7) is 1.28. The van der Waals surface area contributed by atoms with Gasteiger partial charge in [0.25, 0.3) is 0 Å². The molecule has 0 bridgehead atoms. The lowest BCUT2D eigenvalue weighted by Crippen LogP contribution is -2.15. The fourth-order valence-corrected chi connectivity index (χ4v) is 2.22. The third kappa shape index (κ3) is 3.90. The number of hydrogen-bond donors (Lipinski definition) is 2. The Hall–Kier alpha value is -1.28. The highest BCUT2D eigenvalue weighted by molar-refractivity contribution is 5.44. The molecule has 1 aromatic rings. The van der Waals surface area contributed by atoms with Gasteiger partial charge in [0, 0.05) is 18.8 Å². The Kier molecular flexibility index (Phi) is 4.63. The van der Waals surface area contributed by atoms with Gasteiger partial charge in [-0.3, -0.25) is 0 Å². The van der Waals surface area contributed by atoms with Crippen LogP contribution in [0.4, 0.5) is 5.69 Å². The van der Waals surface area contributed by atoms with Crippen molar-refractivity contribution in [1.82, 2.24) is 0 Å². The van der Waals surface area contributed by atoms with Crippen LogP contribution >= 0.6 is 0 Å². The van der Waals surface area contributed by atoms with E-state index in [9.17, 15) is 0 Å². The predicted octanol–water partition coefficient (Wildman–Crippen LogP) is 2.99. The predicted molar refractivity (Wildman–Crippen MR) is 72.2 cm³/mol. The first-order valence-electron chi connectivity index (χ1n) is 6.47.